The lowest BCUT2D eigenvalue weighted by Gasteiger charge is -2.01. The molecule has 0 aliphatic carbocycles. The molecule has 0 saturated heterocycles. The molecule has 0 fully saturated rings. The van der Waals surface area contributed by atoms with Crippen molar-refractivity contribution in [2.45, 2.75) is 6.92 Å². The molecule has 24 heavy (non-hydrogen) atoms. The fraction of sp³-hybridized carbons (Fsp3) is 0.118. The van der Waals surface area contributed by atoms with Crippen LogP contribution in [-0.4, -0.2) is 23.3 Å². The monoisotopic (exact) mass is 377 g/mol. The average molecular weight is 378 g/mol. The number of Topliss-reactive ketones (excluding diaryl/α,β-unsaturated/α-hetero) is 1. The Hall–Kier alpha value is -2.02. The second-order valence-electron chi connectivity index (χ2n) is 4.92. The van der Waals surface area contributed by atoms with E-state index in [0.29, 0.717) is 25.5 Å². The molecule has 0 amide bonds. The maximum absolute atomic E-state index is 12.2. The molecule has 7 heteroatoms. The zero-order valence-electron chi connectivity index (χ0n) is 12.6. The number of benzene rings is 1. The van der Waals surface area contributed by atoms with Gasteiger partial charge in [-0.1, -0.05) is 29.8 Å². The van der Waals surface area contributed by atoms with Gasteiger partial charge in [0.15, 0.2) is 6.61 Å². The molecule has 0 saturated carbocycles. The van der Waals surface area contributed by atoms with Crippen molar-refractivity contribution in [1.29, 1.82) is 0 Å². The Kier molecular flexibility index (Phi) is 5.08. The van der Waals surface area contributed by atoms with E-state index in [9.17, 15) is 9.59 Å². The highest BCUT2D eigenvalue weighted by Gasteiger charge is 2.19. The first-order valence-corrected chi connectivity index (χ1v) is 9.09. The van der Waals surface area contributed by atoms with Gasteiger partial charge >= 0.3 is 5.97 Å². The van der Waals surface area contributed by atoms with Crippen LogP contribution in [0.4, 0.5) is 0 Å². The minimum Gasteiger partial charge on any atom is -0.453 e. The lowest BCUT2D eigenvalue weighted by molar-refractivity contribution is 0.0479. The van der Waals surface area contributed by atoms with E-state index in [1.165, 1.54) is 22.7 Å². The molecule has 2 aromatic heterocycles. The molecule has 0 N–H and O–H groups in total. The molecule has 0 atom stereocenters. The van der Waals surface area contributed by atoms with Gasteiger partial charge in [0.1, 0.15) is 9.88 Å². The van der Waals surface area contributed by atoms with Crippen LogP contribution in [0.25, 0.3) is 10.6 Å². The molecule has 3 aromatic rings. The number of nitrogens with zero attached hydrogens (tertiary/aromatic N) is 1. The molecule has 3 rings (SSSR count). The van der Waals surface area contributed by atoms with Crippen LogP contribution in [0.5, 0.6) is 0 Å². The number of esters is 1. The van der Waals surface area contributed by atoms with E-state index in [1.807, 2.05) is 12.1 Å². The highest BCUT2D eigenvalue weighted by molar-refractivity contribution is 7.17. The van der Waals surface area contributed by atoms with Gasteiger partial charge < -0.3 is 4.74 Å². The molecule has 0 radical (unpaired) electrons. The lowest BCUT2D eigenvalue weighted by Crippen LogP contribution is -2.13. The van der Waals surface area contributed by atoms with Crippen molar-refractivity contribution in [2.24, 2.45) is 0 Å². The van der Waals surface area contributed by atoms with Gasteiger partial charge in [-0.3, -0.25) is 4.79 Å². The molecule has 0 spiro atoms. The van der Waals surface area contributed by atoms with Gasteiger partial charge in [0, 0.05) is 10.6 Å². The summed E-state index contributed by atoms with van der Waals surface area (Å²) in [5.41, 5.74) is 1.41. The van der Waals surface area contributed by atoms with Crippen LogP contribution in [0, 0.1) is 6.92 Å². The molecule has 0 aliphatic rings. The number of aryl methyl sites for hydroxylation is 1. The number of thiophene rings is 1. The van der Waals surface area contributed by atoms with Crippen LogP contribution in [0.15, 0.2) is 41.8 Å². The summed E-state index contributed by atoms with van der Waals surface area (Å²) >= 11 is 8.53. The van der Waals surface area contributed by atoms with Crippen molar-refractivity contribution in [1.82, 2.24) is 4.98 Å². The van der Waals surface area contributed by atoms with Crippen molar-refractivity contribution in [3.63, 3.8) is 0 Å². The van der Waals surface area contributed by atoms with Crippen molar-refractivity contribution in [2.75, 3.05) is 6.61 Å². The Morgan fingerprint density at radius 1 is 1.25 bits per heavy atom. The third-order valence-corrected chi connectivity index (χ3v) is 5.52. The van der Waals surface area contributed by atoms with Crippen LogP contribution >= 0.6 is 34.3 Å². The van der Waals surface area contributed by atoms with Crippen molar-refractivity contribution in [3.05, 3.63) is 62.2 Å². The molecule has 0 unspecified atom stereocenters. The summed E-state index contributed by atoms with van der Waals surface area (Å²) in [5.74, 6) is -0.751. The summed E-state index contributed by atoms with van der Waals surface area (Å²) in [6.07, 6.45) is 0. The SMILES string of the molecule is Cc1nc(-c2cccc(Cl)c2)sc1C(=O)OCC(=O)c1cccs1. The second-order valence-corrected chi connectivity index (χ2v) is 7.30. The molecule has 2 heterocycles. The Balaban J connectivity index is 1.72. The highest BCUT2D eigenvalue weighted by atomic mass is 35.5. The molecule has 4 nitrogen and oxygen atoms in total. The van der Waals surface area contributed by atoms with Crippen molar-refractivity contribution < 1.29 is 14.3 Å². The third-order valence-electron chi connectivity index (χ3n) is 3.18. The van der Waals surface area contributed by atoms with E-state index >= 15 is 0 Å². The van der Waals surface area contributed by atoms with E-state index < -0.39 is 5.97 Å². The predicted molar refractivity (Wildman–Crippen MR) is 96.2 cm³/mol. The van der Waals surface area contributed by atoms with Crippen LogP contribution in [0.1, 0.15) is 25.0 Å². The normalized spacial score (nSPS) is 10.6. The van der Waals surface area contributed by atoms with Crippen LogP contribution in [0.3, 0.4) is 0 Å². The van der Waals surface area contributed by atoms with E-state index in [4.69, 9.17) is 16.3 Å². The number of carbonyl (C=O) groups is 2. The van der Waals surface area contributed by atoms with Gasteiger partial charge in [0.2, 0.25) is 5.78 Å². The number of carbonyl (C=O) groups excluding carboxylic acids is 2. The summed E-state index contributed by atoms with van der Waals surface area (Å²) in [5, 5.41) is 3.09. The number of thiazole rings is 1. The number of rotatable bonds is 5. The van der Waals surface area contributed by atoms with Crippen LogP contribution < -0.4 is 0 Å². The predicted octanol–water partition coefficient (Wildman–Crippen LogP) is 4.87. The zero-order chi connectivity index (χ0) is 17.1. The smallest absolute Gasteiger partial charge is 0.350 e. The second kappa shape index (κ2) is 7.25. The third kappa shape index (κ3) is 3.72. The maximum Gasteiger partial charge on any atom is 0.350 e. The van der Waals surface area contributed by atoms with Gasteiger partial charge in [0.05, 0.1) is 10.6 Å². The maximum atomic E-state index is 12.2. The zero-order valence-corrected chi connectivity index (χ0v) is 15.0. The minimum atomic E-state index is -0.539. The van der Waals surface area contributed by atoms with Gasteiger partial charge in [-0.05, 0) is 30.5 Å². The average Bonchev–Trinajstić information content (AvgIpc) is 3.22. The number of ether oxygens (including phenoxy) is 1. The first-order valence-electron chi connectivity index (χ1n) is 7.02. The topological polar surface area (TPSA) is 56.3 Å². The van der Waals surface area contributed by atoms with Gasteiger partial charge in [-0.2, -0.15) is 0 Å². The molecule has 0 bridgehead atoms. The van der Waals surface area contributed by atoms with Gasteiger partial charge in [-0.15, -0.1) is 22.7 Å². The number of hydrogen-bond donors (Lipinski definition) is 0. The van der Waals surface area contributed by atoms with Gasteiger partial charge in [0.25, 0.3) is 0 Å². The molecule has 122 valence electrons. The number of ketones is 1. The first-order chi connectivity index (χ1) is 11.5. The lowest BCUT2D eigenvalue weighted by atomic mass is 10.2. The summed E-state index contributed by atoms with van der Waals surface area (Å²) < 4.78 is 5.13. The summed E-state index contributed by atoms with van der Waals surface area (Å²) in [7, 11) is 0. The standard InChI is InChI=1S/C17H12ClNO3S2/c1-10-15(17(21)22-9-13(20)14-6-3-7-23-14)24-16(19-10)11-4-2-5-12(18)8-11/h2-8H,9H2,1H3. The molecular weight excluding hydrogens is 366 g/mol. The number of hydrogen-bond acceptors (Lipinski definition) is 6. The quantitative estimate of drug-likeness (QED) is 0.470. The molecule has 0 aliphatic heterocycles. The Morgan fingerprint density at radius 3 is 2.79 bits per heavy atom. The Morgan fingerprint density at radius 2 is 2.08 bits per heavy atom. The van der Waals surface area contributed by atoms with E-state index in [0.717, 1.165) is 5.56 Å². The summed E-state index contributed by atoms with van der Waals surface area (Å²) in [6.45, 7) is 1.46. The molecular formula is C17H12ClNO3S2. The van der Waals surface area contributed by atoms with Crippen molar-refractivity contribution >= 4 is 46.0 Å². The molecule has 1 aromatic carbocycles. The van der Waals surface area contributed by atoms with E-state index in [2.05, 4.69) is 4.98 Å². The van der Waals surface area contributed by atoms with Crippen LogP contribution in [-0.2, 0) is 4.74 Å². The van der Waals surface area contributed by atoms with E-state index in [-0.39, 0.29) is 12.4 Å². The fourth-order valence-electron chi connectivity index (χ4n) is 2.04. The highest BCUT2D eigenvalue weighted by Crippen LogP contribution is 2.29. The Bertz CT molecular complexity index is 887. The number of halogens is 1. The van der Waals surface area contributed by atoms with Gasteiger partial charge in [-0.25, -0.2) is 9.78 Å². The summed E-state index contributed by atoms with van der Waals surface area (Å²) in [6, 6.07) is 10.7. The van der Waals surface area contributed by atoms with Crippen LogP contribution in [0.2, 0.25) is 5.02 Å². The largest absolute Gasteiger partial charge is 0.453 e. The number of aromatic nitrogens is 1. The minimum absolute atomic E-state index is 0.212. The summed E-state index contributed by atoms with van der Waals surface area (Å²) in [4.78, 5) is 29.5. The van der Waals surface area contributed by atoms with Crippen molar-refractivity contribution in [3.8, 4) is 10.6 Å². The fourth-order valence-corrected chi connectivity index (χ4v) is 3.83. The van der Waals surface area contributed by atoms with E-state index in [1.54, 1.807) is 36.6 Å². The Labute approximate surface area is 151 Å². The first kappa shape index (κ1) is 16.8.